The van der Waals surface area contributed by atoms with E-state index in [0.29, 0.717) is 12.1 Å². The molecule has 2 atom stereocenters. The molecule has 0 radical (unpaired) electrons. The molecule has 0 spiro atoms. The SMILES string of the molecule is CC(C)N(C(C)CN)C1CCSC1. The lowest BCUT2D eigenvalue weighted by Gasteiger charge is -2.37. The molecule has 1 saturated heterocycles. The fourth-order valence-electron chi connectivity index (χ4n) is 2.17. The van der Waals surface area contributed by atoms with Crippen LogP contribution >= 0.6 is 11.8 Å². The van der Waals surface area contributed by atoms with Gasteiger partial charge in [0.15, 0.2) is 0 Å². The highest BCUT2D eigenvalue weighted by Gasteiger charge is 2.27. The summed E-state index contributed by atoms with van der Waals surface area (Å²) < 4.78 is 0. The van der Waals surface area contributed by atoms with Gasteiger partial charge in [-0.2, -0.15) is 11.8 Å². The molecular weight excluding hydrogens is 180 g/mol. The van der Waals surface area contributed by atoms with Crippen molar-refractivity contribution in [1.29, 1.82) is 0 Å². The van der Waals surface area contributed by atoms with Crippen LogP contribution in [-0.4, -0.2) is 41.1 Å². The number of nitrogens with zero attached hydrogens (tertiary/aromatic N) is 1. The van der Waals surface area contributed by atoms with Crippen LogP contribution in [0.25, 0.3) is 0 Å². The first-order valence-electron chi connectivity index (χ1n) is 5.22. The molecule has 0 aromatic rings. The normalized spacial score (nSPS) is 25.8. The molecule has 0 saturated carbocycles. The predicted octanol–water partition coefficient (Wildman–Crippen LogP) is 1.55. The van der Waals surface area contributed by atoms with E-state index in [0.717, 1.165) is 12.6 Å². The van der Waals surface area contributed by atoms with Gasteiger partial charge in [0.25, 0.3) is 0 Å². The first-order valence-corrected chi connectivity index (χ1v) is 6.37. The summed E-state index contributed by atoms with van der Waals surface area (Å²) in [6, 6.07) is 1.93. The van der Waals surface area contributed by atoms with Crippen molar-refractivity contribution in [2.45, 2.75) is 45.3 Å². The Morgan fingerprint density at radius 2 is 2.15 bits per heavy atom. The van der Waals surface area contributed by atoms with E-state index in [9.17, 15) is 0 Å². The van der Waals surface area contributed by atoms with Gasteiger partial charge in [-0.3, -0.25) is 4.90 Å². The van der Waals surface area contributed by atoms with Crippen LogP contribution in [0.4, 0.5) is 0 Å². The Morgan fingerprint density at radius 1 is 1.46 bits per heavy atom. The minimum absolute atomic E-state index is 0.531. The Hall–Kier alpha value is 0.270. The summed E-state index contributed by atoms with van der Waals surface area (Å²) in [6.45, 7) is 7.56. The van der Waals surface area contributed by atoms with Crippen molar-refractivity contribution < 1.29 is 0 Å². The summed E-state index contributed by atoms with van der Waals surface area (Å²) in [4.78, 5) is 2.58. The predicted molar refractivity (Wildman–Crippen MR) is 61.2 cm³/mol. The second-order valence-corrected chi connectivity index (χ2v) is 5.29. The van der Waals surface area contributed by atoms with Crippen molar-refractivity contribution in [3.63, 3.8) is 0 Å². The minimum Gasteiger partial charge on any atom is -0.329 e. The third-order valence-corrected chi connectivity index (χ3v) is 3.92. The molecular formula is C10H22N2S. The molecule has 0 amide bonds. The quantitative estimate of drug-likeness (QED) is 0.750. The smallest absolute Gasteiger partial charge is 0.0200 e. The number of rotatable bonds is 4. The maximum absolute atomic E-state index is 5.73. The molecule has 0 aliphatic carbocycles. The van der Waals surface area contributed by atoms with Gasteiger partial charge in [-0.15, -0.1) is 0 Å². The van der Waals surface area contributed by atoms with E-state index in [2.05, 4.69) is 37.4 Å². The highest BCUT2D eigenvalue weighted by Crippen LogP contribution is 2.25. The highest BCUT2D eigenvalue weighted by atomic mass is 32.2. The van der Waals surface area contributed by atoms with E-state index < -0.39 is 0 Å². The van der Waals surface area contributed by atoms with Gasteiger partial charge < -0.3 is 5.73 Å². The average molecular weight is 202 g/mol. The van der Waals surface area contributed by atoms with E-state index in [1.54, 1.807) is 0 Å². The Kier molecular flexibility index (Phi) is 4.56. The number of nitrogens with two attached hydrogens (primary N) is 1. The zero-order valence-corrected chi connectivity index (χ0v) is 9.81. The number of hydrogen-bond donors (Lipinski definition) is 1. The summed E-state index contributed by atoms with van der Waals surface area (Å²) in [5.41, 5.74) is 5.73. The topological polar surface area (TPSA) is 29.3 Å². The first kappa shape index (κ1) is 11.3. The number of hydrogen-bond acceptors (Lipinski definition) is 3. The largest absolute Gasteiger partial charge is 0.329 e. The molecule has 1 aliphatic heterocycles. The van der Waals surface area contributed by atoms with Crippen LogP contribution in [-0.2, 0) is 0 Å². The Morgan fingerprint density at radius 3 is 2.54 bits per heavy atom. The molecule has 1 fully saturated rings. The summed E-state index contributed by atoms with van der Waals surface area (Å²) in [5, 5.41) is 0. The first-order chi connectivity index (χ1) is 6.16. The van der Waals surface area contributed by atoms with E-state index >= 15 is 0 Å². The van der Waals surface area contributed by atoms with Crippen molar-refractivity contribution in [3.05, 3.63) is 0 Å². The third-order valence-electron chi connectivity index (χ3n) is 2.77. The molecule has 78 valence electrons. The van der Waals surface area contributed by atoms with Crippen LogP contribution in [0.15, 0.2) is 0 Å². The van der Waals surface area contributed by atoms with Gasteiger partial charge in [0.1, 0.15) is 0 Å². The van der Waals surface area contributed by atoms with Crippen LogP contribution in [0.3, 0.4) is 0 Å². The lowest BCUT2D eigenvalue weighted by atomic mass is 10.1. The van der Waals surface area contributed by atoms with Crippen LogP contribution in [0.5, 0.6) is 0 Å². The highest BCUT2D eigenvalue weighted by molar-refractivity contribution is 7.99. The van der Waals surface area contributed by atoms with E-state index in [-0.39, 0.29) is 0 Å². The van der Waals surface area contributed by atoms with Crippen molar-refractivity contribution in [2.75, 3.05) is 18.1 Å². The second-order valence-electron chi connectivity index (χ2n) is 4.14. The maximum Gasteiger partial charge on any atom is 0.0200 e. The Bertz CT molecular complexity index is 144. The van der Waals surface area contributed by atoms with Gasteiger partial charge in [0, 0.05) is 30.4 Å². The maximum atomic E-state index is 5.73. The van der Waals surface area contributed by atoms with Gasteiger partial charge in [0.2, 0.25) is 0 Å². The fraction of sp³-hybridized carbons (Fsp3) is 1.00. The van der Waals surface area contributed by atoms with Gasteiger partial charge >= 0.3 is 0 Å². The monoisotopic (exact) mass is 202 g/mol. The van der Waals surface area contributed by atoms with E-state index in [1.165, 1.54) is 17.9 Å². The summed E-state index contributed by atoms with van der Waals surface area (Å²) >= 11 is 2.07. The van der Waals surface area contributed by atoms with Gasteiger partial charge in [-0.1, -0.05) is 0 Å². The van der Waals surface area contributed by atoms with Crippen LogP contribution in [0.1, 0.15) is 27.2 Å². The van der Waals surface area contributed by atoms with Crippen molar-refractivity contribution >= 4 is 11.8 Å². The van der Waals surface area contributed by atoms with Crippen LogP contribution < -0.4 is 5.73 Å². The van der Waals surface area contributed by atoms with Crippen molar-refractivity contribution in [3.8, 4) is 0 Å². The molecule has 13 heavy (non-hydrogen) atoms. The molecule has 0 bridgehead atoms. The molecule has 1 heterocycles. The molecule has 3 heteroatoms. The average Bonchev–Trinajstić information content (AvgIpc) is 2.56. The molecule has 2 nitrogen and oxygen atoms in total. The van der Waals surface area contributed by atoms with Crippen molar-refractivity contribution in [1.82, 2.24) is 4.90 Å². The lowest BCUT2D eigenvalue weighted by Crippen LogP contribution is -2.49. The zero-order valence-electron chi connectivity index (χ0n) is 8.99. The number of thioether (sulfide) groups is 1. The Balaban J connectivity index is 2.55. The lowest BCUT2D eigenvalue weighted by molar-refractivity contribution is 0.120. The summed E-state index contributed by atoms with van der Waals surface area (Å²) in [5.74, 6) is 2.62. The molecule has 0 aromatic carbocycles. The summed E-state index contributed by atoms with van der Waals surface area (Å²) in [7, 11) is 0. The third kappa shape index (κ3) is 2.86. The van der Waals surface area contributed by atoms with Crippen LogP contribution in [0, 0.1) is 0 Å². The molecule has 0 aromatic heterocycles. The standard InChI is InChI=1S/C10H22N2S/c1-8(2)12(9(3)6-11)10-4-5-13-7-10/h8-10H,4-7,11H2,1-3H3. The molecule has 2 unspecified atom stereocenters. The fourth-order valence-corrected chi connectivity index (χ4v) is 3.39. The van der Waals surface area contributed by atoms with Crippen LogP contribution in [0.2, 0.25) is 0 Å². The zero-order chi connectivity index (χ0) is 9.84. The minimum atomic E-state index is 0.531. The Labute approximate surface area is 86.2 Å². The van der Waals surface area contributed by atoms with Gasteiger partial charge in [-0.05, 0) is 32.9 Å². The van der Waals surface area contributed by atoms with Gasteiger partial charge in [0.05, 0.1) is 0 Å². The van der Waals surface area contributed by atoms with Gasteiger partial charge in [-0.25, -0.2) is 0 Å². The van der Waals surface area contributed by atoms with E-state index in [1.807, 2.05) is 0 Å². The van der Waals surface area contributed by atoms with E-state index in [4.69, 9.17) is 5.73 Å². The summed E-state index contributed by atoms with van der Waals surface area (Å²) in [6.07, 6.45) is 1.34. The molecule has 1 rings (SSSR count). The van der Waals surface area contributed by atoms with Crippen molar-refractivity contribution in [2.24, 2.45) is 5.73 Å². The second kappa shape index (κ2) is 5.23. The molecule has 2 N–H and O–H groups in total. The molecule has 1 aliphatic rings.